The van der Waals surface area contributed by atoms with Gasteiger partial charge >= 0.3 is 0 Å². The third-order valence-electron chi connectivity index (χ3n) is 8.60. The predicted octanol–water partition coefficient (Wildman–Crippen LogP) is 3.73. The molecule has 0 aromatic heterocycles. The molecule has 1 aromatic carbocycles. The summed E-state index contributed by atoms with van der Waals surface area (Å²) in [5.41, 5.74) is 0.997. The quantitative estimate of drug-likeness (QED) is 0.377. The highest BCUT2D eigenvalue weighted by Gasteiger charge is 2.74. The second-order valence-corrected chi connectivity index (χ2v) is 13.0. The predicted molar refractivity (Wildman–Crippen MR) is 156 cm³/mol. The van der Waals surface area contributed by atoms with Gasteiger partial charge in [-0.1, -0.05) is 63.3 Å². The molecule has 212 valence electrons. The van der Waals surface area contributed by atoms with Crippen molar-refractivity contribution >= 4 is 29.5 Å². The van der Waals surface area contributed by atoms with Crippen molar-refractivity contribution in [3.63, 3.8) is 0 Å². The topological polar surface area (TPSA) is 81.2 Å². The van der Waals surface area contributed by atoms with Crippen LogP contribution in [0.1, 0.15) is 45.6 Å². The fraction of sp³-hybridized carbons (Fsp3) is 0.581. The van der Waals surface area contributed by atoms with Crippen molar-refractivity contribution in [1.29, 1.82) is 0 Å². The average molecular weight is 554 g/mol. The van der Waals surface area contributed by atoms with Crippen molar-refractivity contribution in [2.24, 2.45) is 17.8 Å². The van der Waals surface area contributed by atoms with Crippen molar-refractivity contribution < 1.29 is 19.5 Å². The van der Waals surface area contributed by atoms with Gasteiger partial charge in [0.15, 0.2) is 0 Å². The summed E-state index contributed by atoms with van der Waals surface area (Å²) in [5, 5.41) is 10.5. The normalized spacial score (nSPS) is 27.9. The number of aliphatic hydroxyl groups is 1. The SMILES string of the molecule is C=CCN(Cc1ccccc1)C(=O)C1N([C@@H](CO)C(C)C)C(=O)[C@@H]2[C@@H](C(=O)N(CC=C)CCC)[C@H]3CCC12S3. The van der Waals surface area contributed by atoms with E-state index >= 15 is 0 Å². The van der Waals surface area contributed by atoms with Gasteiger partial charge in [0.05, 0.1) is 29.2 Å². The summed E-state index contributed by atoms with van der Waals surface area (Å²) < 4.78 is -0.691. The minimum absolute atomic E-state index is 0.00155. The van der Waals surface area contributed by atoms with Crippen LogP contribution in [0.3, 0.4) is 0 Å². The van der Waals surface area contributed by atoms with Gasteiger partial charge in [0, 0.05) is 31.4 Å². The van der Waals surface area contributed by atoms with Gasteiger partial charge in [0.2, 0.25) is 17.7 Å². The molecule has 0 radical (unpaired) electrons. The minimum atomic E-state index is -0.745. The molecule has 6 atom stereocenters. The number of thioether (sulfide) groups is 1. The van der Waals surface area contributed by atoms with Crippen molar-refractivity contribution in [1.82, 2.24) is 14.7 Å². The summed E-state index contributed by atoms with van der Waals surface area (Å²) in [6, 6.07) is 8.55. The first-order chi connectivity index (χ1) is 18.7. The van der Waals surface area contributed by atoms with Crippen LogP contribution in [0.5, 0.6) is 0 Å². The highest BCUT2D eigenvalue weighted by Crippen LogP contribution is 2.67. The molecule has 39 heavy (non-hydrogen) atoms. The van der Waals surface area contributed by atoms with E-state index in [-0.39, 0.29) is 35.5 Å². The molecule has 3 amide bonds. The summed E-state index contributed by atoms with van der Waals surface area (Å²) in [6.07, 6.45) is 5.76. The Morgan fingerprint density at radius 1 is 1.15 bits per heavy atom. The van der Waals surface area contributed by atoms with E-state index < -0.39 is 28.7 Å². The third kappa shape index (κ3) is 5.18. The summed E-state index contributed by atoms with van der Waals surface area (Å²) >= 11 is 1.67. The lowest BCUT2D eigenvalue weighted by Crippen LogP contribution is -2.58. The fourth-order valence-electron chi connectivity index (χ4n) is 6.92. The molecule has 3 aliphatic rings. The molecular weight excluding hydrogens is 510 g/mol. The number of likely N-dealkylation sites (tertiary alicyclic amines) is 1. The van der Waals surface area contributed by atoms with Gasteiger partial charge in [-0.05, 0) is 30.7 Å². The Hall–Kier alpha value is -2.58. The Bertz CT molecular complexity index is 1080. The van der Waals surface area contributed by atoms with Crippen LogP contribution in [0.15, 0.2) is 55.6 Å². The first-order valence-electron chi connectivity index (χ1n) is 14.2. The number of hydrogen-bond donors (Lipinski definition) is 1. The van der Waals surface area contributed by atoms with Gasteiger partial charge in [0.1, 0.15) is 6.04 Å². The minimum Gasteiger partial charge on any atom is -0.394 e. The largest absolute Gasteiger partial charge is 0.394 e. The number of benzene rings is 1. The van der Waals surface area contributed by atoms with Crippen LogP contribution in [0, 0.1) is 17.8 Å². The van der Waals surface area contributed by atoms with Gasteiger partial charge in [-0.2, -0.15) is 0 Å². The zero-order valence-corrected chi connectivity index (χ0v) is 24.3. The van der Waals surface area contributed by atoms with Gasteiger partial charge in [0.25, 0.3) is 0 Å². The van der Waals surface area contributed by atoms with Crippen LogP contribution < -0.4 is 0 Å². The molecule has 7 nitrogen and oxygen atoms in total. The first-order valence-corrected chi connectivity index (χ1v) is 15.1. The number of nitrogens with zero attached hydrogens (tertiary/aromatic N) is 3. The standard InChI is InChI=1S/C31H43N3O4S/c1-6-16-32(17-7-2)28(36)25-24-14-15-31(39-24)26(25)29(37)34(23(20-35)21(4)5)27(31)30(38)33(18-8-3)19-22-12-10-9-11-13-22/h6,8-13,21,23-27,35H,1,3,7,14-20H2,2,4-5H3/t23-,24+,25-,26-,27?,31?/m0/s1. The molecule has 1 aromatic rings. The number of amides is 3. The number of aliphatic hydroxyl groups excluding tert-OH is 1. The van der Waals surface area contributed by atoms with E-state index in [1.165, 1.54) is 0 Å². The molecule has 3 aliphatic heterocycles. The summed E-state index contributed by atoms with van der Waals surface area (Å²) in [4.78, 5) is 48.2. The van der Waals surface area contributed by atoms with Crippen LogP contribution in [0.25, 0.3) is 0 Å². The molecule has 2 bridgehead atoms. The molecule has 4 rings (SSSR count). The molecule has 3 heterocycles. The van der Waals surface area contributed by atoms with Gasteiger partial charge < -0.3 is 19.8 Å². The van der Waals surface area contributed by atoms with Crippen LogP contribution in [0.2, 0.25) is 0 Å². The summed E-state index contributed by atoms with van der Waals surface area (Å²) in [5.74, 6) is -1.42. The van der Waals surface area contributed by atoms with E-state index in [9.17, 15) is 19.5 Å². The number of rotatable bonds is 13. The Morgan fingerprint density at radius 3 is 2.41 bits per heavy atom. The van der Waals surface area contributed by atoms with E-state index in [2.05, 4.69) is 13.2 Å². The fourth-order valence-corrected chi connectivity index (χ4v) is 9.11. The van der Waals surface area contributed by atoms with Crippen LogP contribution >= 0.6 is 11.8 Å². The highest BCUT2D eigenvalue weighted by molar-refractivity contribution is 8.02. The second kappa shape index (κ2) is 12.3. The molecule has 3 saturated heterocycles. The average Bonchev–Trinajstić information content (AvgIpc) is 3.56. The first kappa shape index (κ1) is 29.4. The second-order valence-electron chi connectivity index (χ2n) is 11.4. The number of hydrogen-bond acceptors (Lipinski definition) is 5. The maximum absolute atomic E-state index is 14.6. The van der Waals surface area contributed by atoms with Crippen LogP contribution in [-0.4, -0.2) is 85.8 Å². The molecule has 8 heteroatoms. The molecule has 3 fully saturated rings. The third-order valence-corrected chi connectivity index (χ3v) is 10.6. The van der Waals surface area contributed by atoms with Crippen LogP contribution in [0.4, 0.5) is 0 Å². The lowest BCUT2D eigenvalue weighted by Gasteiger charge is -2.40. The highest BCUT2D eigenvalue weighted by atomic mass is 32.2. The van der Waals surface area contributed by atoms with E-state index in [1.54, 1.807) is 33.7 Å². The lowest BCUT2D eigenvalue weighted by atomic mass is 9.70. The molecule has 1 N–H and O–H groups in total. The summed E-state index contributed by atoms with van der Waals surface area (Å²) in [7, 11) is 0. The summed E-state index contributed by atoms with van der Waals surface area (Å²) in [6.45, 7) is 15.2. The number of fused-ring (bicyclic) bond motifs is 1. The van der Waals surface area contributed by atoms with E-state index in [0.717, 1.165) is 18.4 Å². The van der Waals surface area contributed by atoms with E-state index in [0.29, 0.717) is 32.6 Å². The Labute approximate surface area is 237 Å². The number of carbonyl (C=O) groups is 3. The smallest absolute Gasteiger partial charge is 0.247 e. The molecule has 1 spiro atoms. The maximum atomic E-state index is 14.6. The monoisotopic (exact) mass is 553 g/mol. The Balaban J connectivity index is 1.77. The Kier molecular flexibility index (Phi) is 9.27. The van der Waals surface area contributed by atoms with E-state index in [4.69, 9.17) is 0 Å². The van der Waals surface area contributed by atoms with Crippen molar-refractivity contribution in [2.75, 3.05) is 26.2 Å². The van der Waals surface area contributed by atoms with Gasteiger partial charge in [-0.25, -0.2) is 0 Å². The van der Waals surface area contributed by atoms with Crippen molar-refractivity contribution in [2.45, 2.75) is 68.7 Å². The van der Waals surface area contributed by atoms with Gasteiger partial charge in [-0.15, -0.1) is 24.9 Å². The zero-order chi connectivity index (χ0) is 28.3. The van der Waals surface area contributed by atoms with Crippen LogP contribution in [-0.2, 0) is 20.9 Å². The zero-order valence-electron chi connectivity index (χ0n) is 23.5. The number of carbonyl (C=O) groups excluding carboxylic acids is 3. The van der Waals surface area contributed by atoms with Crippen molar-refractivity contribution in [3.8, 4) is 0 Å². The molecular formula is C31H43N3O4S. The van der Waals surface area contributed by atoms with Crippen molar-refractivity contribution in [3.05, 3.63) is 61.2 Å². The maximum Gasteiger partial charge on any atom is 0.247 e. The Morgan fingerprint density at radius 2 is 1.82 bits per heavy atom. The molecule has 0 saturated carbocycles. The van der Waals surface area contributed by atoms with Gasteiger partial charge in [-0.3, -0.25) is 14.4 Å². The molecule has 2 unspecified atom stereocenters. The molecule has 0 aliphatic carbocycles. The lowest BCUT2D eigenvalue weighted by molar-refractivity contribution is -0.148. The van der Waals surface area contributed by atoms with E-state index in [1.807, 2.05) is 56.0 Å².